The van der Waals surface area contributed by atoms with Crippen molar-refractivity contribution in [2.45, 2.75) is 86.0 Å². The summed E-state index contributed by atoms with van der Waals surface area (Å²) in [4.78, 5) is 0. The molecule has 0 heterocycles. The van der Waals surface area contributed by atoms with E-state index in [1.54, 1.807) is 0 Å². The van der Waals surface area contributed by atoms with Gasteiger partial charge in [-0.3, -0.25) is 0 Å². The zero-order chi connectivity index (χ0) is 14.5. The first-order valence-electron chi connectivity index (χ1n) is 9.34. The minimum absolute atomic E-state index is 0. The van der Waals surface area contributed by atoms with E-state index in [1.165, 1.54) is 51.4 Å². The van der Waals surface area contributed by atoms with Crippen LogP contribution >= 0.6 is 0 Å². The van der Waals surface area contributed by atoms with Gasteiger partial charge in [-0.1, -0.05) is 53.9 Å². The van der Waals surface area contributed by atoms with Crippen molar-refractivity contribution < 1.29 is 16.4 Å². The molecule has 3 heteroatoms. The molecule has 0 radical (unpaired) electrons. The minimum atomic E-state index is 0. The number of hydrogen-bond acceptors (Lipinski definition) is 0. The second-order valence-electron chi connectivity index (χ2n) is 9.58. The number of fused-ring (bicyclic) bond motifs is 3. The summed E-state index contributed by atoms with van der Waals surface area (Å²) < 4.78 is 0. The molecule has 23 heavy (non-hydrogen) atoms. The van der Waals surface area contributed by atoms with Crippen LogP contribution in [-0.4, -0.2) is 16.4 Å². The van der Waals surface area contributed by atoms with E-state index in [9.17, 15) is 0 Å². The Morgan fingerprint density at radius 1 is 0.696 bits per heavy atom. The molecule has 0 spiro atoms. The van der Waals surface area contributed by atoms with Crippen LogP contribution in [-0.2, 0) is 0 Å². The smallest absolute Gasteiger partial charge is 0.0295 e. The highest BCUT2D eigenvalue weighted by molar-refractivity contribution is 5.00. The largest absolute Gasteiger partial charge is 0.412 e. The molecule has 3 nitrogen and oxygen atoms in total. The molecule has 3 saturated carbocycles. The summed E-state index contributed by atoms with van der Waals surface area (Å²) in [6, 6.07) is 0. The van der Waals surface area contributed by atoms with Gasteiger partial charge in [-0.25, -0.2) is 0 Å². The summed E-state index contributed by atoms with van der Waals surface area (Å²) in [5.41, 5.74) is 1.26. The Morgan fingerprint density at radius 2 is 1.30 bits per heavy atom. The monoisotopic (exact) mass is 330 g/mol. The summed E-state index contributed by atoms with van der Waals surface area (Å²) in [5, 5.41) is 0. The quantitative estimate of drug-likeness (QED) is 0.645. The molecule has 3 fully saturated rings. The molecule has 0 aromatic rings. The summed E-state index contributed by atoms with van der Waals surface area (Å²) >= 11 is 0. The van der Waals surface area contributed by atoms with E-state index in [1.807, 2.05) is 0 Å². The van der Waals surface area contributed by atoms with Crippen LogP contribution in [0.3, 0.4) is 0 Å². The molecule has 0 aromatic carbocycles. The van der Waals surface area contributed by atoms with Crippen molar-refractivity contribution in [3.8, 4) is 0 Å². The predicted octanol–water partition coefficient (Wildman–Crippen LogP) is 3.83. The molecule has 0 saturated heterocycles. The van der Waals surface area contributed by atoms with Crippen molar-refractivity contribution in [2.24, 2.45) is 40.4 Å². The van der Waals surface area contributed by atoms with Crippen LogP contribution in [0.4, 0.5) is 0 Å². The van der Waals surface area contributed by atoms with Gasteiger partial charge in [0.25, 0.3) is 0 Å². The molecule has 0 aliphatic heterocycles. The first-order chi connectivity index (χ1) is 9.34. The molecule has 3 aliphatic carbocycles. The van der Waals surface area contributed by atoms with Crippen LogP contribution in [0.5, 0.6) is 0 Å². The fourth-order valence-electron chi connectivity index (χ4n) is 6.67. The standard InChI is InChI=1S/C20H36.3H2O/c1-14-7-6-11-20(5)12-10-17-15(2)8-9-16(13-18(14)20)19(17,3)4;;;/h14-18H,6-13H2,1-5H3;3*1H2/t14-,15-,16+,17+,18-,20+;;;/m1.../s1. The zero-order valence-corrected chi connectivity index (χ0v) is 16.0. The minimum Gasteiger partial charge on any atom is -0.412 e. The van der Waals surface area contributed by atoms with Crippen LogP contribution < -0.4 is 0 Å². The SMILES string of the molecule is C[C@@H]1CCC[C@@]2(C)CC[C@H]3[C@H](C)CC[C@@H](C[C@H]12)C3(C)C.O.O.O. The van der Waals surface area contributed by atoms with Gasteiger partial charge in [0.05, 0.1) is 0 Å². The van der Waals surface area contributed by atoms with Crippen LogP contribution in [0.15, 0.2) is 0 Å². The lowest BCUT2D eigenvalue weighted by atomic mass is 9.48. The van der Waals surface area contributed by atoms with E-state index in [2.05, 4.69) is 34.6 Å². The first-order valence-corrected chi connectivity index (χ1v) is 9.34. The summed E-state index contributed by atoms with van der Waals surface area (Å²) in [5.74, 6) is 4.92. The second-order valence-corrected chi connectivity index (χ2v) is 9.58. The van der Waals surface area contributed by atoms with Crippen molar-refractivity contribution >= 4 is 0 Å². The van der Waals surface area contributed by atoms with E-state index in [4.69, 9.17) is 0 Å². The van der Waals surface area contributed by atoms with Gasteiger partial charge >= 0.3 is 0 Å². The van der Waals surface area contributed by atoms with Crippen molar-refractivity contribution in [1.82, 2.24) is 0 Å². The van der Waals surface area contributed by atoms with Gasteiger partial charge in [0.15, 0.2) is 0 Å². The third-order valence-electron chi connectivity index (χ3n) is 8.22. The molecule has 6 N–H and O–H groups in total. The average molecular weight is 331 g/mol. The topological polar surface area (TPSA) is 94.5 Å². The second kappa shape index (κ2) is 7.84. The van der Waals surface area contributed by atoms with Crippen LogP contribution in [0.25, 0.3) is 0 Å². The highest BCUT2D eigenvalue weighted by Gasteiger charge is 2.50. The predicted molar refractivity (Wildman–Crippen MR) is 98.5 cm³/mol. The zero-order valence-electron chi connectivity index (χ0n) is 16.0. The average Bonchev–Trinajstić information content (AvgIpc) is 2.35. The van der Waals surface area contributed by atoms with Gasteiger partial charge in [-0.2, -0.15) is 0 Å². The number of rotatable bonds is 0. The van der Waals surface area contributed by atoms with Crippen LogP contribution in [0, 0.1) is 40.4 Å². The van der Waals surface area contributed by atoms with Gasteiger partial charge in [0.1, 0.15) is 0 Å². The van der Waals surface area contributed by atoms with E-state index < -0.39 is 0 Å². The third kappa shape index (κ3) is 3.77. The van der Waals surface area contributed by atoms with E-state index in [0.29, 0.717) is 10.8 Å². The van der Waals surface area contributed by atoms with Gasteiger partial charge < -0.3 is 16.4 Å². The Bertz CT molecular complexity index is 368. The number of hydrogen-bond donors (Lipinski definition) is 0. The Kier molecular flexibility index (Phi) is 7.80. The van der Waals surface area contributed by atoms with Gasteiger partial charge in [0.2, 0.25) is 0 Å². The van der Waals surface area contributed by atoms with E-state index in [-0.39, 0.29) is 16.4 Å². The van der Waals surface area contributed by atoms with Crippen LogP contribution in [0.1, 0.15) is 86.0 Å². The van der Waals surface area contributed by atoms with Crippen LogP contribution in [0.2, 0.25) is 0 Å². The molecule has 2 bridgehead atoms. The summed E-state index contributed by atoms with van der Waals surface area (Å²) in [6.45, 7) is 12.9. The van der Waals surface area contributed by atoms with Gasteiger partial charge in [-0.05, 0) is 72.5 Å². The fourth-order valence-corrected chi connectivity index (χ4v) is 6.67. The van der Waals surface area contributed by atoms with E-state index >= 15 is 0 Å². The van der Waals surface area contributed by atoms with Crippen molar-refractivity contribution in [3.63, 3.8) is 0 Å². The molecule has 0 aromatic heterocycles. The highest BCUT2D eigenvalue weighted by Crippen LogP contribution is 2.60. The molecule has 0 unspecified atom stereocenters. The normalized spacial score (nSPS) is 45.0. The van der Waals surface area contributed by atoms with E-state index in [0.717, 1.165) is 29.6 Å². The molecule has 3 rings (SSSR count). The summed E-state index contributed by atoms with van der Waals surface area (Å²) in [6.07, 6.45) is 12.0. The maximum Gasteiger partial charge on any atom is -0.0295 e. The molecule has 3 aliphatic rings. The molecular weight excluding hydrogens is 288 g/mol. The third-order valence-corrected chi connectivity index (χ3v) is 8.22. The van der Waals surface area contributed by atoms with Crippen molar-refractivity contribution in [3.05, 3.63) is 0 Å². The van der Waals surface area contributed by atoms with Crippen molar-refractivity contribution in [2.75, 3.05) is 0 Å². The maximum absolute atomic E-state index is 2.64. The Labute approximate surface area is 143 Å². The lowest BCUT2D eigenvalue weighted by Gasteiger charge is -2.57. The fraction of sp³-hybridized carbons (Fsp3) is 1.00. The Balaban J connectivity index is 0.00000161. The Hall–Kier alpha value is -0.120. The highest BCUT2D eigenvalue weighted by atomic mass is 16.0. The molecule has 140 valence electrons. The molecule has 0 amide bonds. The Morgan fingerprint density at radius 3 is 1.96 bits per heavy atom. The molecular formula is C20H42O3. The van der Waals surface area contributed by atoms with Crippen molar-refractivity contribution in [1.29, 1.82) is 0 Å². The summed E-state index contributed by atoms with van der Waals surface area (Å²) in [7, 11) is 0. The lowest BCUT2D eigenvalue weighted by Crippen LogP contribution is -2.48. The van der Waals surface area contributed by atoms with Gasteiger partial charge in [-0.15, -0.1) is 0 Å². The van der Waals surface area contributed by atoms with Gasteiger partial charge in [0, 0.05) is 0 Å². The molecule has 6 atom stereocenters. The first kappa shape index (κ1) is 22.9. The maximum atomic E-state index is 2.64. The lowest BCUT2D eigenvalue weighted by molar-refractivity contribution is -0.0692.